The highest BCUT2D eigenvalue weighted by Gasteiger charge is 2.09. The number of benzene rings is 1. The van der Waals surface area contributed by atoms with Gasteiger partial charge in [-0.15, -0.1) is 0 Å². The van der Waals surface area contributed by atoms with Crippen LogP contribution in [0.3, 0.4) is 0 Å². The van der Waals surface area contributed by atoms with Crippen molar-refractivity contribution in [2.24, 2.45) is 5.10 Å². The number of hydrogen-bond acceptors (Lipinski definition) is 5. The lowest BCUT2D eigenvalue weighted by Gasteiger charge is -2.06. The number of nitrogens with zero attached hydrogens (tertiary/aromatic N) is 2. The number of nitrogens with one attached hydrogen (secondary N) is 2. The summed E-state index contributed by atoms with van der Waals surface area (Å²) in [5.41, 5.74) is 4.99. The molecule has 1 aromatic carbocycles. The fraction of sp³-hybridized carbons (Fsp3) is 0.0526. The van der Waals surface area contributed by atoms with Crippen LogP contribution >= 0.6 is 0 Å². The summed E-state index contributed by atoms with van der Waals surface area (Å²) in [5.74, 6) is -0.415. The Balaban J connectivity index is 1.62. The third-order valence-electron chi connectivity index (χ3n) is 3.55. The lowest BCUT2D eigenvalue weighted by molar-refractivity contribution is 0.0953. The molecule has 2 N–H and O–H groups in total. The molecule has 0 bridgehead atoms. The van der Waals surface area contributed by atoms with Gasteiger partial charge in [0.25, 0.3) is 11.8 Å². The van der Waals surface area contributed by atoms with Crippen LogP contribution in [0.4, 0.5) is 5.69 Å². The number of anilines is 1. The Kier molecular flexibility index (Phi) is 5.19. The zero-order chi connectivity index (χ0) is 18.4. The molecule has 2 amide bonds. The molecule has 0 aliphatic rings. The van der Waals surface area contributed by atoms with E-state index in [1.807, 2.05) is 0 Å². The number of furan rings is 1. The number of aromatic nitrogens is 1. The van der Waals surface area contributed by atoms with Gasteiger partial charge in [-0.05, 0) is 48.9 Å². The smallest absolute Gasteiger partial charge is 0.291 e. The normalized spacial score (nSPS) is 11.0. The summed E-state index contributed by atoms with van der Waals surface area (Å²) in [7, 11) is 0. The zero-order valence-corrected chi connectivity index (χ0v) is 14.0. The second kappa shape index (κ2) is 7.89. The molecule has 0 unspecified atom stereocenters. The summed E-state index contributed by atoms with van der Waals surface area (Å²) in [6.45, 7) is 1.78. The van der Waals surface area contributed by atoms with Crippen LogP contribution in [0, 0.1) is 0 Å². The molecule has 0 aliphatic heterocycles. The first-order valence-corrected chi connectivity index (χ1v) is 7.83. The standard InChI is InChI=1S/C19H16N4O3/c1-13(22-23-18(24)15-4-2-10-20-12-15)14-6-8-16(9-7-14)21-19(25)17-5-3-11-26-17/h2-12H,1H3,(H,21,25)(H,23,24). The number of rotatable bonds is 5. The van der Waals surface area contributed by atoms with E-state index in [1.165, 1.54) is 12.5 Å². The van der Waals surface area contributed by atoms with E-state index in [0.29, 0.717) is 17.0 Å². The van der Waals surface area contributed by atoms with E-state index in [-0.39, 0.29) is 17.6 Å². The van der Waals surface area contributed by atoms with E-state index in [9.17, 15) is 9.59 Å². The van der Waals surface area contributed by atoms with E-state index < -0.39 is 0 Å². The van der Waals surface area contributed by atoms with Crippen LogP contribution in [0.2, 0.25) is 0 Å². The van der Waals surface area contributed by atoms with Crippen LogP contribution in [-0.4, -0.2) is 22.5 Å². The second-order valence-corrected chi connectivity index (χ2v) is 5.39. The fourth-order valence-electron chi connectivity index (χ4n) is 2.16. The molecule has 130 valence electrons. The first-order valence-electron chi connectivity index (χ1n) is 7.83. The van der Waals surface area contributed by atoms with Crippen LogP contribution in [0.5, 0.6) is 0 Å². The molecule has 0 saturated carbocycles. The molecule has 2 heterocycles. The van der Waals surface area contributed by atoms with E-state index in [0.717, 1.165) is 5.56 Å². The molecule has 0 saturated heterocycles. The van der Waals surface area contributed by atoms with Crippen molar-refractivity contribution in [3.63, 3.8) is 0 Å². The Morgan fingerprint density at radius 2 is 1.81 bits per heavy atom. The van der Waals surface area contributed by atoms with Gasteiger partial charge in [-0.1, -0.05) is 12.1 Å². The summed E-state index contributed by atoms with van der Waals surface area (Å²) in [5, 5.41) is 6.82. The summed E-state index contributed by atoms with van der Waals surface area (Å²) >= 11 is 0. The molecule has 0 atom stereocenters. The Labute approximate surface area is 149 Å². The molecule has 0 fully saturated rings. The van der Waals surface area contributed by atoms with Crippen molar-refractivity contribution < 1.29 is 14.0 Å². The van der Waals surface area contributed by atoms with Crippen LogP contribution < -0.4 is 10.7 Å². The molecule has 2 aromatic heterocycles. The average molecular weight is 348 g/mol. The van der Waals surface area contributed by atoms with Crippen LogP contribution in [-0.2, 0) is 0 Å². The van der Waals surface area contributed by atoms with Gasteiger partial charge in [-0.3, -0.25) is 14.6 Å². The van der Waals surface area contributed by atoms with Crippen molar-refractivity contribution in [3.8, 4) is 0 Å². The summed E-state index contributed by atoms with van der Waals surface area (Å²) in [6.07, 6.45) is 4.51. The Hall–Kier alpha value is -3.74. The Morgan fingerprint density at radius 1 is 1.00 bits per heavy atom. The first-order chi connectivity index (χ1) is 12.6. The number of amides is 2. The molecule has 7 nitrogen and oxygen atoms in total. The molecule has 0 aliphatic carbocycles. The predicted octanol–water partition coefficient (Wildman–Crippen LogP) is 3.08. The predicted molar refractivity (Wildman–Crippen MR) is 97.0 cm³/mol. The largest absolute Gasteiger partial charge is 0.459 e. The van der Waals surface area contributed by atoms with Crippen molar-refractivity contribution in [3.05, 3.63) is 84.1 Å². The summed E-state index contributed by atoms with van der Waals surface area (Å²) in [6, 6.07) is 13.7. The highest BCUT2D eigenvalue weighted by Crippen LogP contribution is 2.12. The number of hydrogen-bond donors (Lipinski definition) is 2. The highest BCUT2D eigenvalue weighted by atomic mass is 16.3. The minimum absolute atomic E-state index is 0.241. The quantitative estimate of drug-likeness (QED) is 0.547. The van der Waals surface area contributed by atoms with Gasteiger partial charge >= 0.3 is 0 Å². The van der Waals surface area contributed by atoms with Crippen molar-refractivity contribution in [2.75, 3.05) is 5.32 Å². The molecular formula is C19H16N4O3. The van der Waals surface area contributed by atoms with E-state index >= 15 is 0 Å². The van der Waals surface area contributed by atoms with Gasteiger partial charge in [0.05, 0.1) is 17.5 Å². The Morgan fingerprint density at radius 3 is 2.46 bits per heavy atom. The van der Waals surface area contributed by atoms with Crippen molar-refractivity contribution >= 4 is 23.2 Å². The number of pyridine rings is 1. The van der Waals surface area contributed by atoms with Crippen molar-refractivity contribution in [1.29, 1.82) is 0 Å². The lowest BCUT2D eigenvalue weighted by atomic mass is 10.1. The number of hydrazone groups is 1. The molecule has 0 radical (unpaired) electrons. The van der Waals surface area contributed by atoms with E-state index in [2.05, 4.69) is 20.8 Å². The minimum atomic E-state index is -0.334. The summed E-state index contributed by atoms with van der Waals surface area (Å²) in [4.78, 5) is 27.8. The first kappa shape index (κ1) is 17.1. The zero-order valence-electron chi connectivity index (χ0n) is 14.0. The average Bonchev–Trinajstić information content (AvgIpc) is 3.22. The van der Waals surface area contributed by atoms with Crippen molar-refractivity contribution in [1.82, 2.24) is 10.4 Å². The lowest BCUT2D eigenvalue weighted by Crippen LogP contribution is -2.19. The van der Waals surface area contributed by atoms with Crippen LogP contribution in [0.1, 0.15) is 33.4 Å². The third kappa shape index (κ3) is 4.21. The third-order valence-corrected chi connectivity index (χ3v) is 3.55. The van der Waals surface area contributed by atoms with Gasteiger partial charge in [-0.2, -0.15) is 5.10 Å². The molecule has 7 heteroatoms. The van der Waals surface area contributed by atoms with Gasteiger partial charge in [-0.25, -0.2) is 5.43 Å². The van der Waals surface area contributed by atoms with Crippen molar-refractivity contribution in [2.45, 2.75) is 6.92 Å². The van der Waals surface area contributed by atoms with E-state index in [1.54, 1.807) is 61.7 Å². The highest BCUT2D eigenvalue weighted by molar-refractivity contribution is 6.03. The van der Waals surface area contributed by atoms with Gasteiger partial charge in [0, 0.05) is 18.1 Å². The molecular weight excluding hydrogens is 332 g/mol. The SMILES string of the molecule is CC(=NNC(=O)c1cccnc1)c1ccc(NC(=O)c2ccco2)cc1. The fourth-order valence-corrected chi connectivity index (χ4v) is 2.16. The van der Waals surface area contributed by atoms with E-state index in [4.69, 9.17) is 4.42 Å². The maximum atomic E-state index is 12.0. The van der Waals surface area contributed by atoms with Gasteiger partial charge in [0.2, 0.25) is 0 Å². The second-order valence-electron chi connectivity index (χ2n) is 5.39. The Bertz CT molecular complexity index is 917. The van der Waals surface area contributed by atoms with Crippen LogP contribution in [0.25, 0.3) is 0 Å². The topological polar surface area (TPSA) is 96.6 Å². The molecule has 3 aromatic rings. The molecule has 26 heavy (non-hydrogen) atoms. The molecule has 3 rings (SSSR count). The monoisotopic (exact) mass is 348 g/mol. The van der Waals surface area contributed by atoms with Crippen LogP contribution in [0.15, 0.2) is 76.7 Å². The van der Waals surface area contributed by atoms with Gasteiger partial charge in [0.15, 0.2) is 5.76 Å². The van der Waals surface area contributed by atoms with Gasteiger partial charge in [0.1, 0.15) is 0 Å². The maximum Gasteiger partial charge on any atom is 0.291 e. The number of carbonyl (C=O) groups is 2. The number of carbonyl (C=O) groups excluding carboxylic acids is 2. The summed E-state index contributed by atoms with van der Waals surface area (Å²) < 4.78 is 5.04. The minimum Gasteiger partial charge on any atom is -0.459 e. The molecule has 0 spiro atoms. The van der Waals surface area contributed by atoms with Gasteiger partial charge < -0.3 is 9.73 Å². The maximum absolute atomic E-state index is 12.0.